The van der Waals surface area contributed by atoms with Gasteiger partial charge in [-0.15, -0.1) is 12.4 Å². The highest BCUT2D eigenvalue weighted by molar-refractivity contribution is 5.85. The predicted octanol–water partition coefficient (Wildman–Crippen LogP) is 3.78. The lowest BCUT2D eigenvalue weighted by molar-refractivity contribution is 0.160. The van der Waals surface area contributed by atoms with E-state index in [-0.39, 0.29) is 18.2 Å². The van der Waals surface area contributed by atoms with E-state index in [1.54, 1.807) is 13.2 Å². The summed E-state index contributed by atoms with van der Waals surface area (Å²) in [4.78, 5) is 2.50. The van der Waals surface area contributed by atoms with Crippen molar-refractivity contribution in [2.45, 2.75) is 38.6 Å². The molecule has 1 aromatic rings. The van der Waals surface area contributed by atoms with Crippen LogP contribution in [0.3, 0.4) is 0 Å². The number of hydrogen-bond donors (Lipinski definition) is 1. The minimum atomic E-state index is -0.233. The zero-order valence-corrected chi connectivity index (χ0v) is 14.4. The SMILES string of the molecule is CCCCC[C@H](c1ccc(F)cc1OC)N1CCNCC1.Cl. The fourth-order valence-corrected chi connectivity index (χ4v) is 3.08. The monoisotopic (exact) mass is 330 g/mol. The van der Waals surface area contributed by atoms with Gasteiger partial charge in [0.2, 0.25) is 0 Å². The number of ether oxygens (including phenoxy) is 1. The van der Waals surface area contributed by atoms with Crippen LogP contribution in [-0.4, -0.2) is 38.2 Å². The second kappa shape index (κ2) is 10.0. The number of methoxy groups -OCH3 is 1. The maximum Gasteiger partial charge on any atom is 0.126 e. The summed E-state index contributed by atoms with van der Waals surface area (Å²) in [6.45, 7) is 6.34. The maximum absolute atomic E-state index is 13.4. The van der Waals surface area contributed by atoms with Gasteiger partial charge in [-0.3, -0.25) is 4.90 Å². The van der Waals surface area contributed by atoms with Crippen molar-refractivity contribution in [2.24, 2.45) is 0 Å². The van der Waals surface area contributed by atoms with Crippen molar-refractivity contribution in [2.75, 3.05) is 33.3 Å². The molecule has 0 aromatic heterocycles. The number of nitrogens with zero attached hydrogens (tertiary/aromatic N) is 1. The smallest absolute Gasteiger partial charge is 0.126 e. The third kappa shape index (κ3) is 5.11. The lowest BCUT2D eigenvalue weighted by atomic mass is 9.97. The normalized spacial score (nSPS) is 16.9. The molecule has 1 aliphatic heterocycles. The Kier molecular flexibility index (Phi) is 8.76. The fourth-order valence-electron chi connectivity index (χ4n) is 3.08. The van der Waals surface area contributed by atoms with Crippen LogP contribution in [0.1, 0.15) is 44.2 Å². The Morgan fingerprint density at radius 1 is 1.27 bits per heavy atom. The van der Waals surface area contributed by atoms with Gasteiger partial charge in [-0.1, -0.05) is 32.3 Å². The first-order chi connectivity index (χ1) is 10.3. The Morgan fingerprint density at radius 3 is 2.64 bits per heavy atom. The summed E-state index contributed by atoms with van der Waals surface area (Å²) in [6, 6.07) is 5.28. The Labute approximate surface area is 139 Å². The molecule has 1 heterocycles. The highest BCUT2D eigenvalue weighted by Crippen LogP contribution is 2.34. The summed E-state index contributed by atoms with van der Waals surface area (Å²) < 4.78 is 18.9. The highest BCUT2D eigenvalue weighted by Gasteiger charge is 2.24. The van der Waals surface area contributed by atoms with Gasteiger partial charge >= 0.3 is 0 Å². The van der Waals surface area contributed by atoms with Crippen LogP contribution in [0.2, 0.25) is 0 Å². The van der Waals surface area contributed by atoms with Crippen LogP contribution in [0.5, 0.6) is 5.75 Å². The predicted molar refractivity (Wildman–Crippen MR) is 91.5 cm³/mol. The minimum absolute atomic E-state index is 0. The number of unbranched alkanes of at least 4 members (excludes halogenated alkanes) is 2. The highest BCUT2D eigenvalue weighted by atomic mass is 35.5. The van der Waals surface area contributed by atoms with E-state index in [1.165, 1.54) is 25.3 Å². The Bertz CT molecular complexity index is 439. The van der Waals surface area contributed by atoms with Gasteiger partial charge in [-0.05, 0) is 12.5 Å². The summed E-state index contributed by atoms with van der Waals surface area (Å²) >= 11 is 0. The zero-order chi connectivity index (χ0) is 15.1. The van der Waals surface area contributed by atoms with Gasteiger partial charge in [0.1, 0.15) is 11.6 Å². The summed E-state index contributed by atoms with van der Waals surface area (Å²) in [6.07, 6.45) is 4.77. The maximum atomic E-state index is 13.4. The van der Waals surface area contributed by atoms with Crippen LogP contribution >= 0.6 is 12.4 Å². The largest absolute Gasteiger partial charge is 0.496 e. The second-order valence-electron chi connectivity index (χ2n) is 5.68. The molecule has 1 fully saturated rings. The molecule has 0 aliphatic carbocycles. The molecule has 1 aromatic carbocycles. The minimum Gasteiger partial charge on any atom is -0.496 e. The van der Waals surface area contributed by atoms with Crippen molar-refractivity contribution in [3.05, 3.63) is 29.6 Å². The van der Waals surface area contributed by atoms with Crippen molar-refractivity contribution in [1.82, 2.24) is 10.2 Å². The molecule has 2 rings (SSSR count). The van der Waals surface area contributed by atoms with E-state index >= 15 is 0 Å². The third-order valence-electron chi connectivity index (χ3n) is 4.23. The quantitative estimate of drug-likeness (QED) is 0.770. The van der Waals surface area contributed by atoms with Crippen molar-refractivity contribution < 1.29 is 9.13 Å². The second-order valence-corrected chi connectivity index (χ2v) is 5.68. The standard InChI is InChI=1S/C17H27FN2O.ClH/c1-3-4-5-6-16(20-11-9-19-10-12-20)15-8-7-14(18)13-17(15)21-2;/h7-8,13,16,19H,3-6,9-12H2,1-2H3;1H/t16-;/m1./s1. The Morgan fingerprint density at radius 2 is 2.00 bits per heavy atom. The average molecular weight is 331 g/mol. The van der Waals surface area contributed by atoms with E-state index in [1.807, 2.05) is 6.07 Å². The van der Waals surface area contributed by atoms with Gasteiger partial charge in [-0.2, -0.15) is 0 Å². The molecule has 22 heavy (non-hydrogen) atoms. The Hall–Kier alpha value is -0.840. The van der Waals surface area contributed by atoms with E-state index in [0.29, 0.717) is 11.8 Å². The van der Waals surface area contributed by atoms with E-state index < -0.39 is 0 Å². The van der Waals surface area contributed by atoms with Crippen molar-refractivity contribution >= 4 is 12.4 Å². The number of nitrogens with one attached hydrogen (secondary N) is 1. The first-order valence-electron chi connectivity index (χ1n) is 8.04. The molecular weight excluding hydrogens is 303 g/mol. The van der Waals surface area contributed by atoms with Gasteiger partial charge in [0.25, 0.3) is 0 Å². The van der Waals surface area contributed by atoms with Crippen molar-refractivity contribution in [3.63, 3.8) is 0 Å². The van der Waals surface area contributed by atoms with Crippen LogP contribution in [0.15, 0.2) is 18.2 Å². The molecule has 5 heteroatoms. The molecule has 0 radical (unpaired) electrons. The van der Waals surface area contributed by atoms with E-state index in [4.69, 9.17) is 4.74 Å². The number of benzene rings is 1. The molecule has 126 valence electrons. The molecule has 0 bridgehead atoms. The molecule has 1 aliphatic rings. The molecule has 1 saturated heterocycles. The van der Waals surface area contributed by atoms with E-state index in [0.717, 1.165) is 38.2 Å². The van der Waals surface area contributed by atoms with Crippen LogP contribution in [0.4, 0.5) is 4.39 Å². The van der Waals surface area contributed by atoms with Crippen molar-refractivity contribution in [1.29, 1.82) is 0 Å². The number of piperazine rings is 1. The van der Waals surface area contributed by atoms with Crippen LogP contribution in [-0.2, 0) is 0 Å². The number of rotatable bonds is 7. The summed E-state index contributed by atoms with van der Waals surface area (Å²) in [7, 11) is 1.62. The van der Waals surface area contributed by atoms with Gasteiger partial charge < -0.3 is 10.1 Å². The lowest BCUT2D eigenvalue weighted by Gasteiger charge is -2.36. The zero-order valence-electron chi connectivity index (χ0n) is 13.6. The molecular formula is C17H28ClFN2O. The summed E-state index contributed by atoms with van der Waals surface area (Å²) in [5, 5.41) is 3.39. The van der Waals surface area contributed by atoms with Crippen molar-refractivity contribution in [3.8, 4) is 5.75 Å². The Balaban J connectivity index is 0.00000242. The first-order valence-corrected chi connectivity index (χ1v) is 8.04. The van der Waals surface area contributed by atoms with Crippen LogP contribution in [0.25, 0.3) is 0 Å². The fraction of sp³-hybridized carbons (Fsp3) is 0.647. The first kappa shape index (κ1) is 19.2. The van der Waals surface area contributed by atoms with Gasteiger partial charge in [-0.25, -0.2) is 4.39 Å². The summed E-state index contributed by atoms with van der Waals surface area (Å²) in [5.41, 5.74) is 1.12. The molecule has 0 saturated carbocycles. The molecule has 3 nitrogen and oxygen atoms in total. The number of halogens is 2. The molecule has 0 amide bonds. The average Bonchev–Trinajstić information content (AvgIpc) is 2.53. The van der Waals surface area contributed by atoms with Crippen LogP contribution < -0.4 is 10.1 Å². The van der Waals surface area contributed by atoms with E-state index in [9.17, 15) is 4.39 Å². The van der Waals surface area contributed by atoms with E-state index in [2.05, 4.69) is 17.1 Å². The molecule has 1 N–H and O–H groups in total. The van der Waals surface area contributed by atoms with Gasteiger partial charge in [0.15, 0.2) is 0 Å². The molecule has 0 unspecified atom stereocenters. The summed E-state index contributed by atoms with van der Waals surface area (Å²) in [5.74, 6) is 0.443. The molecule has 0 spiro atoms. The van der Waals surface area contributed by atoms with Gasteiger partial charge in [0, 0.05) is 43.9 Å². The lowest BCUT2D eigenvalue weighted by Crippen LogP contribution is -2.45. The van der Waals surface area contributed by atoms with Gasteiger partial charge in [0.05, 0.1) is 7.11 Å². The topological polar surface area (TPSA) is 24.5 Å². The number of hydrogen-bond acceptors (Lipinski definition) is 3. The third-order valence-corrected chi connectivity index (χ3v) is 4.23. The van der Waals surface area contributed by atoms with Crippen LogP contribution in [0, 0.1) is 5.82 Å². The molecule has 1 atom stereocenters.